The molecule has 0 aromatic carbocycles. The minimum Gasteiger partial charge on any atom is -0.545 e. The van der Waals surface area contributed by atoms with Crippen molar-refractivity contribution in [2.45, 2.75) is 0 Å². The second-order valence-electron chi connectivity index (χ2n) is 0.821. The van der Waals surface area contributed by atoms with Crippen molar-refractivity contribution in [1.82, 2.24) is 0 Å². The molecule has 0 fully saturated rings. The van der Waals surface area contributed by atoms with Crippen LogP contribution < -0.4 is 56.5 Å². The van der Waals surface area contributed by atoms with Crippen molar-refractivity contribution in [2.24, 2.45) is 21.4 Å². The first-order valence-electron chi connectivity index (χ1n) is 2.57. The summed E-state index contributed by atoms with van der Waals surface area (Å²) in [6, 6.07) is 0. The van der Waals surface area contributed by atoms with Gasteiger partial charge in [-0.1, -0.05) is 6.58 Å². The maximum atomic E-state index is 9.14. The smallest absolute Gasteiger partial charge is 0.545 e. The van der Waals surface area contributed by atoms with Crippen molar-refractivity contribution in [1.29, 1.82) is 0 Å². The molecule has 0 N–H and O–H groups in total. The second kappa shape index (κ2) is 87.6. The SMILES string of the molecule is C=CC(=O)[O-].O=N[O-].O=N[O-].O=N[O-].O=N[O-].[K+].[Pt]. The van der Waals surface area contributed by atoms with Crippen LogP contribution in [-0.4, -0.2) is 5.97 Å². The van der Waals surface area contributed by atoms with Gasteiger partial charge in [-0.2, -0.15) is 0 Å². The molecule has 0 saturated carbocycles. The summed E-state index contributed by atoms with van der Waals surface area (Å²) in [5, 5.41) is 45.1. The summed E-state index contributed by atoms with van der Waals surface area (Å²) in [6.45, 7) is 2.90. The van der Waals surface area contributed by atoms with E-state index in [4.69, 9.17) is 50.4 Å². The molecule has 0 aromatic rings. The van der Waals surface area contributed by atoms with Gasteiger partial charge in [-0.25, -0.2) is 0 Å². The van der Waals surface area contributed by atoms with Gasteiger partial charge in [0.15, 0.2) is 0 Å². The van der Waals surface area contributed by atoms with Crippen molar-refractivity contribution in [3.63, 3.8) is 0 Å². The summed E-state index contributed by atoms with van der Waals surface area (Å²) < 4.78 is 0. The molecule has 0 aliphatic heterocycles. The molecule has 16 heteroatoms. The Morgan fingerprint density at radius 2 is 0.895 bits per heavy atom. The van der Waals surface area contributed by atoms with Gasteiger partial charge >= 0.3 is 51.4 Å². The van der Waals surface area contributed by atoms with Gasteiger partial charge in [-0.15, -0.1) is 21.4 Å². The van der Waals surface area contributed by atoms with Crippen molar-refractivity contribution in [2.75, 3.05) is 0 Å². The number of nitrogens with zero attached hydrogens (tertiary/aromatic N) is 4. The van der Waals surface area contributed by atoms with Gasteiger partial charge in [0, 0.05) is 21.1 Å². The quantitative estimate of drug-likeness (QED) is 0.155. The van der Waals surface area contributed by atoms with Gasteiger partial charge < -0.3 is 50.4 Å². The molecule has 0 aliphatic rings. The van der Waals surface area contributed by atoms with Crippen molar-refractivity contribution >= 4 is 5.97 Å². The molecular formula is C3H3KN4O10Pt-4. The van der Waals surface area contributed by atoms with Gasteiger partial charge in [0.2, 0.25) is 0 Å². The van der Waals surface area contributed by atoms with E-state index in [1.807, 2.05) is 0 Å². The Bertz CT molecular complexity index is 181. The van der Waals surface area contributed by atoms with Gasteiger partial charge in [0.1, 0.15) is 0 Å². The molecule has 0 atom stereocenters. The molecule has 0 aliphatic carbocycles. The molecular weight excluding hydrogens is 486 g/mol. The number of carbonyl (C=O) groups is 1. The van der Waals surface area contributed by atoms with E-state index >= 15 is 0 Å². The molecule has 19 heavy (non-hydrogen) atoms. The standard InChI is InChI=1S/C3H4O2.K.4HNO2.Pt/c1-2-3(4)5;;4*2-1-3;/h2H,1H2,(H,4,5);;4*(H,2,3);/q;+1;;;;;/p-5. The van der Waals surface area contributed by atoms with Gasteiger partial charge in [-0.05, 0) is 6.08 Å². The topological polar surface area (TPSA) is 250 Å². The first kappa shape index (κ1) is 42.9. The van der Waals surface area contributed by atoms with E-state index in [0.717, 1.165) is 27.4 Å². The molecule has 0 radical (unpaired) electrons. The molecule has 0 aromatic heterocycles. The summed E-state index contributed by atoms with van der Waals surface area (Å²) in [5.74, 6) is -1.23. The Hall–Kier alpha value is -0.865. The molecule has 0 rings (SSSR count). The molecule has 0 unspecified atom stereocenters. The van der Waals surface area contributed by atoms with Gasteiger partial charge in [0.25, 0.3) is 0 Å². The molecule has 0 amide bonds. The van der Waals surface area contributed by atoms with Crippen molar-refractivity contribution in [3.05, 3.63) is 53.1 Å². The zero-order valence-corrected chi connectivity index (χ0v) is 14.4. The van der Waals surface area contributed by atoms with Crippen LogP contribution in [-0.2, 0) is 25.9 Å². The van der Waals surface area contributed by atoms with Crippen LogP contribution in [0.15, 0.2) is 34.0 Å². The summed E-state index contributed by atoms with van der Waals surface area (Å²) in [5.41, 5.74) is 0. The molecule has 0 saturated heterocycles. The fourth-order valence-electron chi connectivity index (χ4n) is 0. The Labute approximate surface area is 161 Å². The van der Waals surface area contributed by atoms with Crippen LogP contribution in [0.2, 0.25) is 0 Å². The van der Waals surface area contributed by atoms with Crippen LogP contribution in [0.1, 0.15) is 0 Å². The van der Waals surface area contributed by atoms with E-state index in [0.29, 0.717) is 0 Å². The van der Waals surface area contributed by atoms with E-state index < -0.39 is 5.97 Å². The van der Waals surface area contributed by atoms with Crippen molar-refractivity contribution < 1.29 is 82.4 Å². The number of aliphatic carboxylic acids is 1. The van der Waals surface area contributed by atoms with Crippen LogP contribution in [0.5, 0.6) is 0 Å². The average molecular weight is 489 g/mol. The number of hydrogen-bond acceptors (Lipinski definition) is 14. The first-order valence-corrected chi connectivity index (χ1v) is 2.57. The predicted octanol–water partition coefficient (Wildman–Crippen LogP) is -3.07. The number of hydrogen-bond donors (Lipinski definition) is 0. The second-order valence-corrected chi connectivity index (χ2v) is 0.821. The maximum absolute atomic E-state index is 9.14. The fourth-order valence-corrected chi connectivity index (χ4v) is 0. The fraction of sp³-hybridized carbons (Fsp3) is 0. The monoisotopic (exact) mass is 489 g/mol. The zero-order chi connectivity index (χ0) is 15.1. The third-order valence-corrected chi connectivity index (χ3v) is 0.167. The van der Waals surface area contributed by atoms with E-state index in [9.17, 15) is 0 Å². The van der Waals surface area contributed by atoms with Gasteiger partial charge in [0.05, 0.1) is 5.97 Å². The van der Waals surface area contributed by atoms with E-state index in [-0.39, 0.29) is 72.4 Å². The first-order chi connectivity index (χ1) is 7.93. The number of carboxylic acids is 1. The molecule has 0 heterocycles. The van der Waals surface area contributed by atoms with Crippen LogP contribution in [0.3, 0.4) is 0 Å². The van der Waals surface area contributed by atoms with Crippen LogP contribution in [0.4, 0.5) is 0 Å². The Morgan fingerprint density at radius 3 is 0.895 bits per heavy atom. The molecule has 110 valence electrons. The summed E-state index contributed by atoms with van der Waals surface area (Å²) >= 11 is 0. The Balaban J connectivity index is -0.0000000189. The number of carboxylic acid groups (broad SMARTS) is 1. The Kier molecular flexibility index (Phi) is 198. The summed E-state index contributed by atoms with van der Waals surface area (Å²) in [6.07, 6.45) is 0.722. The maximum Gasteiger partial charge on any atom is 1.00 e. The van der Waals surface area contributed by atoms with E-state index in [2.05, 4.69) is 6.58 Å². The normalized spacial score (nSPS) is 4.21. The number of carbonyl (C=O) groups excluding carboxylic acids is 1. The minimum atomic E-state index is -1.23. The number of rotatable bonds is 1. The van der Waals surface area contributed by atoms with Crippen molar-refractivity contribution in [3.8, 4) is 0 Å². The summed E-state index contributed by atoms with van der Waals surface area (Å²) in [7, 11) is 0. The molecule has 0 spiro atoms. The predicted molar refractivity (Wildman–Crippen MR) is 51.9 cm³/mol. The van der Waals surface area contributed by atoms with E-state index in [1.54, 1.807) is 0 Å². The van der Waals surface area contributed by atoms with Crippen LogP contribution in [0, 0.1) is 40.5 Å². The van der Waals surface area contributed by atoms with E-state index in [1.165, 1.54) is 0 Å². The van der Waals surface area contributed by atoms with Crippen LogP contribution in [0.25, 0.3) is 0 Å². The summed E-state index contributed by atoms with van der Waals surface area (Å²) in [4.78, 5) is 41.1. The Morgan fingerprint density at radius 1 is 0.842 bits per heavy atom. The van der Waals surface area contributed by atoms with Crippen LogP contribution >= 0.6 is 0 Å². The molecule has 14 nitrogen and oxygen atoms in total. The minimum absolute atomic E-state index is 0. The largest absolute Gasteiger partial charge is 1.00 e. The third-order valence-electron chi connectivity index (χ3n) is 0.167. The third kappa shape index (κ3) is 3050. The molecule has 0 bridgehead atoms. The van der Waals surface area contributed by atoms with Gasteiger partial charge in [-0.3, -0.25) is 0 Å². The average Bonchev–Trinajstić information content (AvgIpc) is 2.22. The zero-order valence-electron chi connectivity index (χ0n) is 8.97.